The molecule has 0 aliphatic carbocycles. The van der Waals surface area contributed by atoms with Crippen molar-refractivity contribution >= 4 is 5.97 Å². The molecule has 2 rings (SSSR count). The van der Waals surface area contributed by atoms with Gasteiger partial charge in [0.2, 0.25) is 0 Å². The number of hydrogen-bond acceptors (Lipinski definition) is 3. The maximum Gasteiger partial charge on any atom is 0.312 e. The van der Waals surface area contributed by atoms with Crippen LogP contribution in [0.1, 0.15) is 5.56 Å². The van der Waals surface area contributed by atoms with Crippen LogP contribution in [-0.2, 0) is 11.2 Å². The number of carboxylic acid groups (broad SMARTS) is 1. The van der Waals surface area contributed by atoms with Crippen molar-refractivity contribution in [3.05, 3.63) is 47.3 Å². The Hall–Kier alpha value is -1.72. The highest BCUT2D eigenvalue weighted by Crippen LogP contribution is 2.23. The molecular formula is C14H17FN2O2. The Kier molecular flexibility index (Phi) is 4.29. The fourth-order valence-corrected chi connectivity index (χ4v) is 2.28. The maximum atomic E-state index is 14.2. The molecule has 1 aromatic carbocycles. The van der Waals surface area contributed by atoms with Crippen LogP contribution in [0.15, 0.2) is 41.7 Å². The van der Waals surface area contributed by atoms with Gasteiger partial charge in [-0.1, -0.05) is 30.3 Å². The Balaban J connectivity index is 2.14. The number of hydrogen-bond donors (Lipinski definition) is 3. The molecule has 4 nitrogen and oxygen atoms in total. The molecule has 0 saturated carbocycles. The average molecular weight is 264 g/mol. The molecule has 1 aromatic rings. The zero-order valence-electron chi connectivity index (χ0n) is 10.5. The van der Waals surface area contributed by atoms with Crippen LogP contribution in [0.4, 0.5) is 4.39 Å². The molecule has 19 heavy (non-hydrogen) atoms. The van der Waals surface area contributed by atoms with E-state index in [-0.39, 0.29) is 18.7 Å². The fraction of sp³-hybridized carbons (Fsp3) is 0.357. The second-order valence-corrected chi connectivity index (χ2v) is 4.69. The normalized spacial score (nSPS) is 23.2. The molecule has 0 radical (unpaired) electrons. The summed E-state index contributed by atoms with van der Waals surface area (Å²) in [5, 5.41) is 11.9. The number of halogens is 1. The largest absolute Gasteiger partial charge is 0.481 e. The van der Waals surface area contributed by atoms with E-state index in [0.29, 0.717) is 6.42 Å². The standard InChI is InChI=1S/C14H17FN2O2/c15-13(10-7-17-8-11(10)14(18)19)12(16)6-9-4-2-1-3-5-9/h1-5,11-12,17H,6-8,16H2,(H,18,19). The lowest BCUT2D eigenvalue weighted by molar-refractivity contribution is -0.139. The summed E-state index contributed by atoms with van der Waals surface area (Å²) in [7, 11) is 0. The van der Waals surface area contributed by atoms with E-state index in [1.54, 1.807) is 0 Å². The Morgan fingerprint density at radius 3 is 2.79 bits per heavy atom. The van der Waals surface area contributed by atoms with Crippen molar-refractivity contribution in [1.29, 1.82) is 0 Å². The summed E-state index contributed by atoms with van der Waals surface area (Å²) in [6.45, 7) is 0.515. The zero-order chi connectivity index (χ0) is 13.8. The molecular weight excluding hydrogens is 247 g/mol. The molecule has 1 aliphatic heterocycles. The number of carboxylic acids is 1. The Bertz CT molecular complexity index is 487. The molecule has 1 heterocycles. The summed E-state index contributed by atoms with van der Waals surface area (Å²) < 4.78 is 14.2. The summed E-state index contributed by atoms with van der Waals surface area (Å²) in [5.41, 5.74) is 7.05. The van der Waals surface area contributed by atoms with E-state index in [9.17, 15) is 9.18 Å². The third-order valence-corrected chi connectivity index (χ3v) is 3.31. The molecule has 1 aliphatic rings. The first kappa shape index (κ1) is 13.7. The van der Waals surface area contributed by atoms with Gasteiger partial charge in [-0.3, -0.25) is 4.79 Å². The summed E-state index contributed by atoms with van der Waals surface area (Å²) in [6.07, 6.45) is 0.364. The van der Waals surface area contributed by atoms with Gasteiger partial charge in [-0.2, -0.15) is 0 Å². The number of rotatable bonds is 4. The van der Waals surface area contributed by atoms with Crippen LogP contribution in [0.5, 0.6) is 0 Å². The Labute approximate surface area is 111 Å². The maximum absolute atomic E-state index is 14.2. The lowest BCUT2D eigenvalue weighted by Gasteiger charge is -2.14. The second kappa shape index (κ2) is 5.95. The van der Waals surface area contributed by atoms with Gasteiger partial charge in [0, 0.05) is 13.1 Å². The van der Waals surface area contributed by atoms with Crippen LogP contribution < -0.4 is 11.1 Å². The first-order chi connectivity index (χ1) is 9.09. The molecule has 1 fully saturated rings. The smallest absolute Gasteiger partial charge is 0.312 e. The predicted octanol–water partition coefficient (Wildman–Crippen LogP) is 1.08. The molecule has 4 N–H and O–H groups in total. The molecule has 102 valence electrons. The minimum absolute atomic E-state index is 0.255. The van der Waals surface area contributed by atoms with Crippen molar-refractivity contribution in [3.8, 4) is 0 Å². The molecule has 0 bridgehead atoms. The van der Waals surface area contributed by atoms with E-state index in [1.807, 2.05) is 30.3 Å². The molecule has 1 saturated heterocycles. The van der Waals surface area contributed by atoms with Crippen molar-refractivity contribution in [2.75, 3.05) is 13.1 Å². The molecule has 0 amide bonds. The highest BCUT2D eigenvalue weighted by Gasteiger charge is 2.31. The lowest BCUT2D eigenvalue weighted by Crippen LogP contribution is -2.27. The highest BCUT2D eigenvalue weighted by molar-refractivity contribution is 5.75. The number of aliphatic carboxylic acids is 1. The van der Waals surface area contributed by atoms with Gasteiger partial charge >= 0.3 is 5.97 Å². The first-order valence-corrected chi connectivity index (χ1v) is 6.21. The Morgan fingerprint density at radius 2 is 2.16 bits per heavy atom. The highest BCUT2D eigenvalue weighted by atomic mass is 19.1. The van der Waals surface area contributed by atoms with Gasteiger partial charge in [-0.05, 0) is 17.6 Å². The van der Waals surface area contributed by atoms with Crippen LogP contribution in [0.3, 0.4) is 0 Å². The molecule has 0 spiro atoms. The number of benzene rings is 1. The van der Waals surface area contributed by atoms with Crippen LogP contribution in [0.25, 0.3) is 0 Å². The quantitative estimate of drug-likeness (QED) is 0.761. The van der Waals surface area contributed by atoms with E-state index >= 15 is 0 Å². The zero-order valence-corrected chi connectivity index (χ0v) is 10.5. The van der Waals surface area contributed by atoms with E-state index in [2.05, 4.69) is 5.32 Å². The van der Waals surface area contributed by atoms with Crippen LogP contribution >= 0.6 is 0 Å². The van der Waals surface area contributed by atoms with Gasteiger partial charge in [0.05, 0.1) is 12.0 Å². The summed E-state index contributed by atoms with van der Waals surface area (Å²) in [6, 6.07) is 8.57. The van der Waals surface area contributed by atoms with Gasteiger partial charge in [-0.15, -0.1) is 0 Å². The summed E-state index contributed by atoms with van der Waals surface area (Å²) in [5.74, 6) is -2.31. The van der Waals surface area contributed by atoms with Gasteiger partial charge < -0.3 is 16.2 Å². The monoisotopic (exact) mass is 264 g/mol. The van der Waals surface area contributed by atoms with E-state index in [0.717, 1.165) is 5.56 Å². The Morgan fingerprint density at radius 1 is 1.47 bits per heavy atom. The van der Waals surface area contributed by atoms with Gasteiger partial charge in [0.15, 0.2) is 0 Å². The summed E-state index contributed by atoms with van der Waals surface area (Å²) >= 11 is 0. The number of carbonyl (C=O) groups is 1. The second-order valence-electron chi connectivity index (χ2n) is 4.69. The number of nitrogens with two attached hydrogens (primary N) is 1. The topological polar surface area (TPSA) is 75.3 Å². The lowest BCUT2D eigenvalue weighted by atomic mass is 9.97. The first-order valence-electron chi connectivity index (χ1n) is 6.21. The van der Waals surface area contributed by atoms with Crippen molar-refractivity contribution in [1.82, 2.24) is 5.32 Å². The molecule has 2 atom stereocenters. The van der Waals surface area contributed by atoms with E-state index in [1.165, 1.54) is 0 Å². The van der Waals surface area contributed by atoms with Crippen molar-refractivity contribution in [2.24, 2.45) is 11.7 Å². The van der Waals surface area contributed by atoms with E-state index < -0.39 is 23.8 Å². The minimum atomic E-state index is -1.01. The SMILES string of the molecule is NC(Cc1ccccc1)C(F)=C1CNCC1C(=O)O. The number of nitrogens with one attached hydrogen (secondary N) is 1. The average Bonchev–Trinajstić information content (AvgIpc) is 2.88. The van der Waals surface area contributed by atoms with Gasteiger partial charge in [-0.25, -0.2) is 4.39 Å². The van der Waals surface area contributed by atoms with Crippen molar-refractivity contribution < 1.29 is 14.3 Å². The fourth-order valence-electron chi connectivity index (χ4n) is 2.28. The third kappa shape index (κ3) is 3.19. The third-order valence-electron chi connectivity index (χ3n) is 3.31. The molecule has 5 heteroatoms. The van der Waals surface area contributed by atoms with Crippen LogP contribution in [-0.4, -0.2) is 30.2 Å². The summed E-state index contributed by atoms with van der Waals surface area (Å²) in [4.78, 5) is 11.0. The van der Waals surface area contributed by atoms with Gasteiger partial charge in [0.1, 0.15) is 5.83 Å². The van der Waals surface area contributed by atoms with Crippen LogP contribution in [0, 0.1) is 5.92 Å². The minimum Gasteiger partial charge on any atom is -0.481 e. The van der Waals surface area contributed by atoms with Crippen molar-refractivity contribution in [2.45, 2.75) is 12.5 Å². The van der Waals surface area contributed by atoms with Gasteiger partial charge in [0.25, 0.3) is 0 Å². The van der Waals surface area contributed by atoms with Crippen LogP contribution in [0.2, 0.25) is 0 Å². The van der Waals surface area contributed by atoms with E-state index in [4.69, 9.17) is 10.8 Å². The molecule has 2 unspecified atom stereocenters. The molecule has 0 aromatic heterocycles. The van der Waals surface area contributed by atoms with Crippen molar-refractivity contribution in [3.63, 3.8) is 0 Å². The predicted molar refractivity (Wildman–Crippen MR) is 70.3 cm³/mol.